The summed E-state index contributed by atoms with van der Waals surface area (Å²) < 4.78 is 5.31. The van der Waals surface area contributed by atoms with Crippen LogP contribution in [0.25, 0.3) is 0 Å². The van der Waals surface area contributed by atoms with Crippen LogP contribution >= 0.6 is 0 Å². The molecular weight excluding hydrogens is 264 g/mol. The first kappa shape index (κ1) is 16.8. The van der Waals surface area contributed by atoms with Crippen molar-refractivity contribution in [1.82, 2.24) is 10.6 Å². The summed E-state index contributed by atoms with van der Waals surface area (Å²) in [5.74, 6) is 0.876. The summed E-state index contributed by atoms with van der Waals surface area (Å²) in [6.45, 7) is 7.60. The molecule has 1 saturated carbocycles. The Kier molecular flexibility index (Phi) is 6.49. The fourth-order valence-corrected chi connectivity index (χ4v) is 4.01. The number of ether oxygens (including phenoxy) is 1. The normalized spacial score (nSPS) is 22.6. The first-order chi connectivity index (χ1) is 10.1. The molecule has 2 N–H and O–H groups in total. The average molecular weight is 296 g/mol. The standard InChI is InChI=1S/C17H32N2O2/c1-14(2)11-17(7-3-4-8-17)13-18-12-16(20)19-15-5-9-21-10-6-15/h14-15,18H,3-13H2,1-2H3,(H,19,20). The third kappa shape index (κ3) is 5.59. The van der Waals surface area contributed by atoms with E-state index in [4.69, 9.17) is 4.74 Å². The van der Waals surface area contributed by atoms with Crippen LogP contribution < -0.4 is 10.6 Å². The van der Waals surface area contributed by atoms with Crippen LogP contribution in [0.15, 0.2) is 0 Å². The minimum atomic E-state index is 0.139. The molecule has 122 valence electrons. The molecule has 1 amide bonds. The molecule has 4 nitrogen and oxygen atoms in total. The molecule has 0 aromatic rings. The quantitative estimate of drug-likeness (QED) is 0.759. The van der Waals surface area contributed by atoms with Gasteiger partial charge < -0.3 is 15.4 Å². The molecule has 2 fully saturated rings. The number of carbonyl (C=O) groups is 1. The summed E-state index contributed by atoms with van der Waals surface area (Å²) in [6.07, 6.45) is 8.51. The lowest BCUT2D eigenvalue weighted by atomic mass is 9.78. The molecule has 0 aromatic heterocycles. The molecule has 21 heavy (non-hydrogen) atoms. The Hall–Kier alpha value is -0.610. The molecular formula is C17H32N2O2. The van der Waals surface area contributed by atoms with E-state index in [1.54, 1.807) is 0 Å². The summed E-state index contributed by atoms with van der Waals surface area (Å²) in [5, 5.41) is 6.54. The van der Waals surface area contributed by atoms with Gasteiger partial charge in [0.15, 0.2) is 0 Å². The zero-order chi connectivity index (χ0) is 15.1. The van der Waals surface area contributed by atoms with E-state index in [9.17, 15) is 4.79 Å². The highest BCUT2D eigenvalue weighted by molar-refractivity contribution is 5.78. The molecule has 4 heteroatoms. The van der Waals surface area contributed by atoms with Crippen LogP contribution in [0, 0.1) is 11.3 Å². The molecule has 0 unspecified atom stereocenters. The predicted octanol–water partition coefficient (Wildman–Crippen LogP) is 2.48. The van der Waals surface area contributed by atoms with Gasteiger partial charge in [0, 0.05) is 25.8 Å². The molecule has 0 radical (unpaired) electrons. The van der Waals surface area contributed by atoms with Crippen LogP contribution in [0.3, 0.4) is 0 Å². The van der Waals surface area contributed by atoms with E-state index in [1.807, 2.05) is 0 Å². The maximum atomic E-state index is 12.0. The molecule has 0 atom stereocenters. The Morgan fingerprint density at radius 2 is 1.90 bits per heavy atom. The Bertz CT molecular complexity index is 319. The van der Waals surface area contributed by atoms with Crippen molar-refractivity contribution < 1.29 is 9.53 Å². The third-order valence-corrected chi connectivity index (χ3v) is 4.88. The Labute approximate surface area is 129 Å². The summed E-state index contributed by atoms with van der Waals surface area (Å²) in [6, 6.07) is 0.309. The van der Waals surface area contributed by atoms with E-state index < -0.39 is 0 Å². The molecule has 2 aliphatic rings. The van der Waals surface area contributed by atoms with Gasteiger partial charge in [0.25, 0.3) is 0 Å². The monoisotopic (exact) mass is 296 g/mol. The highest BCUT2D eigenvalue weighted by Gasteiger charge is 2.34. The number of carbonyl (C=O) groups excluding carboxylic acids is 1. The molecule has 1 saturated heterocycles. The van der Waals surface area contributed by atoms with E-state index in [0.717, 1.165) is 38.5 Å². The zero-order valence-electron chi connectivity index (χ0n) is 13.7. The highest BCUT2D eigenvalue weighted by atomic mass is 16.5. The second-order valence-corrected chi connectivity index (χ2v) is 7.36. The van der Waals surface area contributed by atoms with Gasteiger partial charge in [-0.2, -0.15) is 0 Å². The van der Waals surface area contributed by atoms with Crippen LogP contribution in [0.2, 0.25) is 0 Å². The van der Waals surface area contributed by atoms with Gasteiger partial charge in [0.05, 0.1) is 6.54 Å². The second kappa shape index (κ2) is 8.14. The lowest BCUT2D eigenvalue weighted by Gasteiger charge is -2.31. The molecule has 1 heterocycles. The molecule has 0 aromatic carbocycles. The SMILES string of the molecule is CC(C)CC1(CNCC(=O)NC2CCOCC2)CCCC1. The fraction of sp³-hybridized carbons (Fsp3) is 0.941. The van der Waals surface area contributed by atoms with Crippen molar-refractivity contribution in [2.75, 3.05) is 26.3 Å². The van der Waals surface area contributed by atoms with Gasteiger partial charge in [-0.15, -0.1) is 0 Å². The van der Waals surface area contributed by atoms with E-state index in [2.05, 4.69) is 24.5 Å². The highest BCUT2D eigenvalue weighted by Crippen LogP contribution is 2.42. The van der Waals surface area contributed by atoms with Gasteiger partial charge in [-0.1, -0.05) is 26.7 Å². The van der Waals surface area contributed by atoms with Gasteiger partial charge in [-0.05, 0) is 43.4 Å². The maximum absolute atomic E-state index is 12.0. The van der Waals surface area contributed by atoms with Crippen molar-refractivity contribution in [3.05, 3.63) is 0 Å². The van der Waals surface area contributed by atoms with Crippen molar-refractivity contribution in [2.24, 2.45) is 11.3 Å². The van der Waals surface area contributed by atoms with Crippen LogP contribution in [0.1, 0.15) is 58.8 Å². The average Bonchev–Trinajstić information content (AvgIpc) is 2.87. The Morgan fingerprint density at radius 1 is 1.24 bits per heavy atom. The lowest BCUT2D eigenvalue weighted by Crippen LogP contribution is -2.44. The zero-order valence-corrected chi connectivity index (χ0v) is 13.7. The lowest BCUT2D eigenvalue weighted by molar-refractivity contribution is -0.121. The first-order valence-electron chi connectivity index (χ1n) is 8.67. The van der Waals surface area contributed by atoms with Crippen molar-refractivity contribution in [3.63, 3.8) is 0 Å². The minimum Gasteiger partial charge on any atom is -0.381 e. The largest absolute Gasteiger partial charge is 0.381 e. The van der Waals surface area contributed by atoms with Crippen LogP contribution in [-0.4, -0.2) is 38.3 Å². The molecule has 1 aliphatic heterocycles. The van der Waals surface area contributed by atoms with Crippen molar-refractivity contribution in [2.45, 2.75) is 64.8 Å². The predicted molar refractivity (Wildman–Crippen MR) is 85.2 cm³/mol. The van der Waals surface area contributed by atoms with Crippen molar-refractivity contribution in [3.8, 4) is 0 Å². The minimum absolute atomic E-state index is 0.139. The fourth-order valence-electron chi connectivity index (χ4n) is 4.01. The van der Waals surface area contributed by atoms with E-state index >= 15 is 0 Å². The smallest absolute Gasteiger partial charge is 0.234 e. The maximum Gasteiger partial charge on any atom is 0.234 e. The second-order valence-electron chi connectivity index (χ2n) is 7.36. The van der Waals surface area contributed by atoms with Gasteiger partial charge >= 0.3 is 0 Å². The summed E-state index contributed by atoms with van der Waals surface area (Å²) in [4.78, 5) is 12.0. The molecule has 2 rings (SSSR count). The molecule has 0 spiro atoms. The first-order valence-corrected chi connectivity index (χ1v) is 8.67. The molecule has 0 bridgehead atoms. The van der Waals surface area contributed by atoms with E-state index in [0.29, 0.717) is 18.0 Å². The van der Waals surface area contributed by atoms with E-state index in [1.165, 1.54) is 32.1 Å². The third-order valence-electron chi connectivity index (χ3n) is 4.88. The number of hydrogen-bond donors (Lipinski definition) is 2. The number of nitrogens with one attached hydrogen (secondary N) is 2. The summed E-state index contributed by atoms with van der Waals surface area (Å²) in [5.41, 5.74) is 0.438. The van der Waals surface area contributed by atoms with Gasteiger partial charge in [0.2, 0.25) is 5.91 Å². The Morgan fingerprint density at radius 3 is 2.52 bits per heavy atom. The summed E-state index contributed by atoms with van der Waals surface area (Å²) in [7, 11) is 0. The van der Waals surface area contributed by atoms with Gasteiger partial charge in [0.1, 0.15) is 0 Å². The summed E-state index contributed by atoms with van der Waals surface area (Å²) >= 11 is 0. The van der Waals surface area contributed by atoms with E-state index in [-0.39, 0.29) is 5.91 Å². The van der Waals surface area contributed by atoms with Crippen molar-refractivity contribution in [1.29, 1.82) is 0 Å². The van der Waals surface area contributed by atoms with Crippen LogP contribution in [0.4, 0.5) is 0 Å². The number of rotatable bonds is 7. The van der Waals surface area contributed by atoms with Gasteiger partial charge in [-0.3, -0.25) is 4.79 Å². The molecule has 1 aliphatic carbocycles. The van der Waals surface area contributed by atoms with Crippen LogP contribution in [-0.2, 0) is 9.53 Å². The number of amides is 1. The Balaban J connectivity index is 1.68. The van der Waals surface area contributed by atoms with Gasteiger partial charge in [-0.25, -0.2) is 0 Å². The van der Waals surface area contributed by atoms with Crippen LogP contribution in [0.5, 0.6) is 0 Å². The topological polar surface area (TPSA) is 50.4 Å². The number of hydrogen-bond acceptors (Lipinski definition) is 3. The van der Waals surface area contributed by atoms with Crippen molar-refractivity contribution >= 4 is 5.91 Å².